The summed E-state index contributed by atoms with van der Waals surface area (Å²) in [7, 11) is -3.76. The van der Waals surface area contributed by atoms with Crippen molar-refractivity contribution in [2.45, 2.75) is 71.1 Å². The van der Waals surface area contributed by atoms with Gasteiger partial charge in [-0.25, -0.2) is 18.4 Å². The maximum atomic E-state index is 13.1. The first-order chi connectivity index (χ1) is 18.5. The molecule has 0 bridgehead atoms. The topological polar surface area (TPSA) is 134 Å². The minimum absolute atomic E-state index is 0.227. The van der Waals surface area contributed by atoms with E-state index in [1.807, 2.05) is 31.3 Å². The van der Waals surface area contributed by atoms with E-state index >= 15 is 0 Å². The first-order valence-electron chi connectivity index (χ1n) is 13.2. The van der Waals surface area contributed by atoms with Gasteiger partial charge < -0.3 is 14.6 Å². The number of aryl methyl sites for hydroxylation is 1. The second-order valence-electron chi connectivity index (χ2n) is 10.2. The molecule has 1 unspecified atom stereocenters. The van der Waals surface area contributed by atoms with Gasteiger partial charge in [0.05, 0.1) is 29.6 Å². The van der Waals surface area contributed by atoms with E-state index < -0.39 is 16.0 Å². The molecular weight excluding hydrogens is 516 g/mol. The van der Waals surface area contributed by atoms with E-state index in [1.54, 1.807) is 12.3 Å². The van der Waals surface area contributed by atoms with Crippen LogP contribution < -0.4 is 14.6 Å². The van der Waals surface area contributed by atoms with Crippen molar-refractivity contribution in [2.75, 3.05) is 11.3 Å². The molecule has 1 aliphatic carbocycles. The fraction of sp³-hybridized carbons (Fsp3) is 0.448. The number of anilines is 1. The lowest BCUT2D eigenvalue weighted by atomic mass is 9.75. The predicted molar refractivity (Wildman–Crippen MR) is 148 cm³/mol. The van der Waals surface area contributed by atoms with Crippen LogP contribution in [0.25, 0.3) is 0 Å². The lowest BCUT2D eigenvalue weighted by molar-refractivity contribution is -0.302. The average molecular weight is 554 g/mol. The summed E-state index contributed by atoms with van der Waals surface area (Å²) in [4.78, 5) is 22.1. The highest BCUT2D eigenvalue weighted by Gasteiger charge is 2.26. The number of carboxylic acid groups (broad SMARTS) is 1. The molecule has 39 heavy (non-hydrogen) atoms. The summed E-state index contributed by atoms with van der Waals surface area (Å²) < 4.78 is 34.2. The monoisotopic (exact) mass is 553 g/mol. The molecule has 0 amide bonds. The number of hydrogen-bond acceptors (Lipinski definition) is 8. The Morgan fingerprint density at radius 3 is 2.41 bits per heavy atom. The zero-order chi connectivity index (χ0) is 28.6. The molecule has 1 N–H and O–H groups in total. The van der Waals surface area contributed by atoms with Crippen LogP contribution in [0.2, 0.25) is 0 Å². The van der Waals surface area contributed by atoms with Gasteiger partial charge >= 0.3 is 0 Å². The molecule has 0 radical (unpaired) electrons. The number of carbonyl (C=O) groups excluding carboxylic acids is 1. The number of hydrogen-bond donors (Lipinski definition) is 1. The van der Waals surface area contributed by atoms with Crippen LogP contribution in [0, 0.1) is 11.8 Å². The zero-order valence-electron chi connectivity index (χ0n) is 23.2. The van der Waals surface area contributed by atoms with Gasteiger partial charge in [-0.05, 0) is 86.1 Å². The molecule has 9 nitrogen and oxygen atoms in total. The number of benzene rings is 1. The van der Waals surface area contributed by atoms with Gasteiger partial charge in [0.15, 0.2) is 5.82 Å². The Morgan fingerprint density at radius 2 is 1.82 bits per heavy atom. The summed E-state index contributed by atoms with van der Waals surface area (Å²) in [6.45, 7) is 9.94. The van der Waals surface area contributed by atoms with Gasteiger partial charge in [-0.2, -0.15) is 0 Å². The van der Waals surface area contributed by atoms with Crippen molar-refractivity contribution < 1.29 is 23.1 Å². The second kappa shape index (κ2) is 13.5. The quantitative estimate of drug-likeness (QED) is 0.421. The van der Waals surface area contributed by atoms with Gasteiger partial charge in [0.1, 0.15) is 0 Å². The summed E-state index contributed by atoms with van der Waals surface area (Å²) in [6.07, 6.45) is 8.63. The first kappa shape index (κ1) is 30.0. The van der Waals surface area contributed by atoms with Crippen LogP contribution in [0.4, 0.5) is 5.82 Å². The maximum Gasteiger partial charge on any atom is 0.263 e. The fourth-order valence-corrected chi connectivity index (χ4v) is 5.69. The van der Waals surface area contributed by atoms with Crippen LogP contribution in [0.3, 0.4) is 0 Å². The SMILES string of the molecule is CC(=O)[O-].CCOc1ccc([C@@H](C)C2CCc3ccc(S(=O)(=O)Nc4cnc(CC(C)C)cn4)cc3C2)cn1. The van der Waals surface area contributed by atoms with E-state index in [1.165, 1.54) is 17.3 Å². The lowest BCUT2D eigenvalue weighted by Gasteiger charge is -2.30. The first-order valence-corrected chi connectivity index (χ1v) is 14.7. The standard InChI is InChI=1S/C27H34N4O3S.C2H4O2/c1-5-34-27-11-9-22(15-30-27)19(4)21-7-6-20-8-10-25(14-23(20)13-21)35(32,33)31-26-17-28-24(16-29-26)12-18(2)3;1-2(3)4/h8-11,14-19,21H,5-7,12-13H2,1-4H3,(H,29,31);1H3,(H,3,4)/p-1/t19-,21?;/m0./s1. The Morgan fingerprint density at radius 1 is 1.08 bits per heavy atom. The van der Waals surface area contributed by atoms with Crippen LogP contribution in [-0.4, -0.2) is 35.9 Å². The van der Waals surface area contributed by atoms with Crippen molar-refractivity contribution in [3.05, 3.63) is 71.3 Å². The number of nitrogens with one attached hydrogen (secondary N) is 1. The molecule has 1 aromatic carbocycles. The molecule has 2 atom stereocenters. The Balaban J connectivity index is 0.000000983. The van der Waals surface area contributed by atoms with Gasteiger partial charge in [-0.1, -0.05) is 32.9 Å². The fourth-order valence-electron chi connectivity index (χ4n) is 4.65. The minimum atomic E-state index is -3.76. The molecule has 0 fully saturated rings. The van der Waals surface area contributed by atoms with Gasteiger partial charge in [-0.3, -0.25) is 9.71 Å². The zero-order valence-corrected chi connectivity index (χ0v) is 24.0. The Hall–Kier alpha value is -3.53. The van der Waals surface area contributed by atoms with Gasteiger partial charge in [0, 0.05) is 18.2 Å². The van der Waals surface area contributed by atoms with Crippen LogP contribution in [-0.2, 0) is 34.1 Å². The van der Waals surface area contributed by atoms with E-state index in [0.29, 0.717) is 30.2 Å². The molecule has 0 aliphatic heterocycles. The molecule has 4 rings (SSSR count). The molecule has 0 saturated carbocycles. The summed E-state index contributed by atoms with van der Waals surface area (Å²) in [5.41, 5.74) is 4.33. The Kier molecular flexibility index (Phi) is 10.4. The normalized spacial score (nSPS) is 15.5. The molecule has 0 saturated heterocycles. The molecule has 0 spiro atoms. The number of carbonyl (C=O) groups is 1. The summed E-state index contributed by atoms with van der Waals surface area (Å²) >= 11 is 0. The number of ether oxygens (including phenoxy) is 1. The van der Waals surface area contributed by atoms with Crippen molar-refractivity contribution in [2.24, 2.45) is 11.8 Å². The van der Waals surface area contributed by atoms with Crippen molar-refractivity contribution in [3.63, 3.8) is 0 Å². The maximum absolute atomic E-state index is 13.1. The Bertz CT molecular complexity index is 1340. The van der Waals surface area contributed by atoms with Crippen LogP contribution >= 0.6 is 0 Å². The number of carboxylic acids is 1. The highest BCUT2D eigenvalue weighted by Crippen LogP contribution is 2.36. The predicted octanol–water partition coefficient (Wildman–Crippen LogP) is 3.93. The third kappa shape index (κ3) is 8.74. The van der Waals surface area contributed by atoms with Gasteiger partial charge in [0.2, 0.25) is 5.88 Å². The van der Waals surface area contributed by atoms with E-state index in [-0.39, 0.29) is 10.7 Å². The van der Waals surface area contributed by atoms with E-state index in [9.17, 15) is 8.42 Å². The van der Waals surface area contributed by atoms with Gasteiger partial charge in [0.25, 0.3) is 10.0 Å². The highest BCUT2D eigenvalue weighted by molar-refractivity contribution is 7.92. The molecular formula is C29H37N4O5S-. The van der Waals surface area contributed by atoms with Crippen molar-refractivity contribution in [1.82, 2.24) is 15.0 Å². The van der Waals surface area contributed by atoms with Crippen LogP contribution in [0.1, 0.15) is 69.3 Å². The van der Waals surface area contributed by atoms with Crippen molar-refractivity contribution >= 4 is 21.8 Å². The molecule has 2 heterocycles. The molecule has 10 heteroatoms. The summed E-state index contributed by atoms with van der Waals surface area (Å²) in [5.74, 6) is 0.959. The molecule has 210 valence electrons. The third-order valence-corrected chi connectivity index (χ3v) is 7.95. The van der Waals surface area contributed by atoms with Gasteiger partial charge in [-0.15, -0.1) is 0 Å². The number of aliphatic carboxylic acids is 1. The largest absolute Gasteiger partial charge is 0.550 e. The van der Waals surface area contributed by atoms with E-state index in [0.717, 1.165) is 43.9 Å². The number of rotatable bonds is 9. The lowest BCUT2D eigenvalue weighted by Crippen LogP contribution is -2.21. The van der Waals surface area contributed by atoms with Crippen LogP contribution in [0.15, 0.2) is 53.8 Å². The molecule has 3 aromatic rings. The third-order valence-electron chi connectivity index (χ3n) is 6.60. The number of sulfonamides is 1. The van der Waals surface area contributed by atoms with Crippen molar-refractivity contribution in [3.8, 4) is 5.88 Å². The average Bonchev–Trinajstić information content (AvgIpc) is 2.88. The van der Waals surface area contributed by atoms with E-state index in [2.05, 4.69) is 46.5 Å². The smallest absolute Gasteiger partial charge is 0.263 e. The van der Waals surface area contributed by atoms with Crippen molar-refractivity contribution in [1.29, 1.82) is 0 Å². The molecule has 1 aliphatic rings. The Labute approximate surface area is 231 Å². The number of aromatic nitrogens is 3. The number of fused-ring (bicyclic) bond motifs is 1. The van der Waals surface area contributed by atoms with E-state index in [4.69, 9.17) is 14.6 Å². The second-order valence-corrected chi connectivity index (χ2v) is 11.9. The minimum Gasteiger partial charge on any atom is -0.550 e. The number of pyridine rings is 1. The summed E-state index contributed by atoms with van der Waals surface area (Å²) in [5, 5.41) is 8.89. The highest BCUT2D eigenvalue weighted by atomic mass is 32.2. The van der Waals surface area contributed by atoms with Crippen LogP contribution in [0.5, 0.6) is 5.88 Å². The number of nitrogens with zero attached hydrogens (tertiary/aromatic N) is 3. The molecule has 2 aromatic heterocycles. The summed E-state index contributed by atoms with van der Waals surface area (Å²) in [6, 6.07) is 9.44.